The molecule has 1 atom stereocenters. The van der Waals surface area contributed by atoms with Crippen molar-refractivity contribution in [1.82, 2.24) is 4.57 Å². The Morgan fingerprint density at radius 1 is 1.30 bits per heavy atom. The van der Waals surface area contributed by atoms with Crippen molar-refractivity contribution in [1.29, 1.82) is 0 Å². The molecule has 0 saturated carbocycles. The highest BCUT2D eigenvalue weighted by Crippen LogP contribution is 2.34. The fourth-order valence-corrected chi connectivity index (χ4v) is 6.70. The highest BCUT2D eigenvalue weighted by molar-refractivity contribution is 14.1. The number of hydrogen-bond acceptors (Lipinski definition) is 6. The first kappa shape index (κ1) is 24.4. The van der Waals surface area contributed by atoms with E-state index in [2.05, 4.69) is 50.2 Å². The molecule has 33 heavy (non-hydrogen) atoms. The Morgan fingerprint density at radius 3 is 2.61 bits per heavy atom. The summed E-state index contributed by atoms with van der Waals surface area (Å²) in [5.41, 5.74) is 1.90. The SMILES string of the molecule is CCOC(=O)C1=C(C)N=c2s/c(=C\c3cc(I)c(O)c(I)c3)c(=O)n2[C@@H]1c1ccccc1Cl. The molecule has 1 aromatic heterocycles. The van der Waals surface area contributed by atoms with Crippen LogP contribution in [0, 0.1) is 7.14 Å². The van der Waals surface area contributed by atoms with Crippen molar-refractivity contribution in [3.63, 3.8) is 0 Å². The van der Waals surface area contributed by atoms with E-state index in [1.807, 2.05) is 6.07 Å². The molecule has 0 fully saturated rings. The number of rotatable bonds is 4. The number of hydrogen-bond donors (Lipinski definition) is 1. The molecular weight excluding hydrogens is 690 g/mol. The molecule has 1 aliphatic heterocycles. The van der Waals surface area contributed by atoms with E-state index in [1.165, 1.54) is 15.9 Å². The predicted molar refractivity (Wildman–Crippen MR) is 145 cm³/mol. The second kappa shape index (κ2) is 9.88. The lowest BCUT2D eigenvalue weighted by Gasteiger charge is -2.25. The maximum absolute atomic E-state index is 13.6. The van der Waals surface area contributed by atoms with Crippen molar-refractivity contribution in [2.75, 3.05) is 6.61 Å². The topological polar surface area (TPSA) is 80.9 Å². The lowest BCUT2D eigenvalue weighted by Crippen LogP contribution is -2.40. The molecule has 10 heteroatoms. The summed E-state index contributed by atoms with van der Waals surface area (Å²) < 4.78 is 8.64. The van der Waals surface area contributed by atoms with Crippen LogP contribution in [0.15, 0.2) is 57.5 Å². The average molecular weight is 707 g/mol. The van der Waals surface area contributed by atoms with Crippen LogP contribution >= 0.6 is 68.1 Å². The number of aromatic hydroxyl groups is 1. The molecule has 0 saturated heterocycles. The van der Waals surface area contributed by atoms with Gasteiger partial charge in [0, 0.05) is 5.02 Å². The van der Waals surface area contributed by atoms with Crippen LogP contribution in [-0.4, -0.2) is 22.2 Å². The second-order valence-corrected chi connectivity index (χ2v) is 10.9. The first-order valence-electron chi connectivity index (χ1n) is 9.85. The highest BCUT2D eigenvalue weighted by atomic mass is 127. The van der Waals surface area contributed by atoms with E-state index in [0.717, 1.165) is 5.56 Å². The Bertz CT molecular complexity index is 1470. The van der Waals surface area contributed by atoms with Crippen LogP contribution in [0.1, 0.15) is 31.0 Å². The maximum atomic E-state index is 13.6. The third-order valence-electron chi connectivity index (χ3n) is 5.05. The van der Waals surface area contributed by atoms with Gasteiger partial charge in [0.2, 0.25) is 0 Å². The predicted octanol–water partition coefficient (Wildman–Crippen LogP) is 4.37. The van der Waals surface area contributed by atoms with E-state index in [0.29, 0.717) is 32.8 Å². The van der Waals surface area contributed by atoms with Crippen LogP contribution in [0.3, 0.4) is 0 Å². The van der Waals surface area contributed by atoms with Crippen molar-refractivity contribution >= 4 is 80.2 Å². The second-order valence-electron chi connectivity index (χ2n) is 7.16. The van der Waals surface area contributed by atoms with Gasteiger partial charge < -0.3 is 9.84 Å². The number of phenols is 1. The summed E-state index contributed by atoms with van der Waals surface area (Å²) in [6.07, 6.45) is 1.76. The van der Waals surface area contributed by atoms with Gasteiger partial charge >= 0.3 is 5.97 Å². The molecule has 1 aliphatic rings. The molecule has 1 N–H and O–H groups in total. The number of carbonyl (C=O) groups excluding carboxylic acids is 1. The molecule has 0 aliphatic carbocycles. The van der Waals surface area contributed by atoms with E-state index in [9.17, 15) is 14.7 Å². The van der Waals surface area contributed by atoms with Crippen molar-refractivity contribution in [3.05, 3.63) is 90.6 Å². The Balaban J connectivity index is 1.98. The van der Waals surface area contributed by atoms with Gasteiger partial charge in [-0.05, 0) is 94.4 Å². The average Bonchev–Trinajstić information content (AvgIpc) is 3.06. The number of ether oxygens (including phenoxy) is 1. The minimum Gasteiger partial charge on any atom is -0.506 e. The number of nitrogens with zero attached hydrogens (tertiary/aromatic N) is 2. The monoisotopic (exact) mass is 706 g/mol. The minimum atomic E-state index is -0.753. The number of phenolic OH excluding ortho intramolecular Hbond substituents is 1. The summed E-state index contributed by atoms with van der Waals surface area (Å²) in [6.45, 7) is 3.67. The van der Waals surface area contributed by atoms with Crippen molar-refractivity contribution in [3.8, 4) is 5.75 Å². The van der Waals surface area contributed by atoms with E-state index in [1.54, 1.807) is 50.3 Å². The van der Waals surface area contributed by atoms with Gasteiger partial charge in [0.15, 0.2) is 4.80 Å². The fourth-order valence-electron chi connectivity index (χ4n) is 3.60. The van der Waals surface area contributed by atoms with Gasteiger partial charge in [-0.2, -0.15) is 0 Å². The van der Waals surface area contributed by atoms with Gasteiger partial charge in [-0.3, -0.25) is 9.36 Å². The zero-order valence-electron chi connectivity index (χ0n) is 17.4. The third kappa shape index (κ3) is 4.64. The molecule has 0 spiro atoms. The van der Waals surface area contributed by atoms with E-state index < -0.39 is 12.0 Å². The first-order valence-corrected chi connectivity index (χ1v) is 13.2. The molecular formula is C23H17ClI2N2O4S. The number of benzene rings is 2. The zero-order valence-corrected chi connectivity index (χ0v) is 23.3. The first-order chi connectivity index (χ1) is 15.7. The molecule has 2 heterocycles. The van der Waals surface area contributed by atoms with E-state index >= 15 is 0 Å². The lowest BCUT2D eigenvalue weighted by atomic mass is 9.96. The van der Waals surface area contributed by atoms with Crippen LogP contribution in [0.25, 0.3) is 6.08 Å². The number of fused-ring (bicyclic) bond motifs is 1. The number of aromatic nitrogens is 1. The van der Waals surface area contributed by atoms with Gasteiger partial charge in [0.25, 0.3) is 5.56 Å². The van der Waals surface area contributed by atoms with Crippen LogP contribution in [0.5, 0.6) is 5.75 Å². The third-order valence-corrected chi connectivity index (χ3v) is 8.03. The van der Waals surface area contributed by atoms with Crippen molar-refractivity contribution in [2.24, 2.45) is 4.99 Å². The quantitative estimate of drug-likeness (QED) is 0.323. The van der Waals surface area contributed by atoms with Gasteiger partial charge in [0.1, 0.15) is 11.8 Å². The molecule has 3 aromatic rings. The number of esters is 1. The van der Waals surface area contributed by atoms with Gasteiger partial charge in [0.05, 0.1) is 29.5 Å². The maximum Gasteiger partial charge on any atom is 0.338 e. The summed E-state index contributed by atoms with van der Waals surface area (Å²) in [7, 11) is 0. The molecule has 4 rings (SSSR count). The Hall–Kier alpha value is -1.70. The van der Waals surface area contributed by atoms with Gasteiger partial charge in [-0.25, -0.2) is 9.79 Å². The lowest BCUT2D eigenvalue weighted by molar-refractivity contribution is -0.139. The molecule has 170 valence electrons. The van der Waals surface area contributed by atoms with Crippen molar-refractivity contribution < 1.29 is 14.6 Å². The number of carbonyl (C=O) groups is 1. The number of thiazole rings is 1. The summed E-state index contributed by atoms with van der Waals surface area (Å²) in [4.78, 5) is 31.5. The minimum absolute atomic E-state index is 0.202. The standard InChI is InChI=1S/C23H17ClI2N2O4S/c1-3-32-22(31)18-11(2)27-23-28(19(18)13-6-4-5-7-14(13)24)21(30)17(33-23)10-12-8-15(25)20(29)16(26)9-12/h4-10,19,29H,3H2,1-2H3/b17-10-/t19-/m1/s1. The summed E-state index contributed by atoms with van der Waals surface area (Å²) >= 11 is 11.9. The van der Waals surface area contributed by atoms with E-state index in [4.69, 9.17) is 16.3 Å². The zero-order chi connectivity index (χ0) is 23.9. The molecule has 6 nitrogen and oxygen atoms in total. The normalized spacial score (nSPS) is 15.9. The highest BCUT2D eigenvalue weighted by Gasteiger charge is 2.34. The summed E-state index contributed by atoms with van der Waals surface area (Å²) in [6, 6.07) is 9.99. The smallest absolute Gasteiger partial charge is 0.338 e. The molecule has 2 aromatic carbocycles. The van der Waals surface area contributed by atoms with Gasteiger partial charge in [-0.15, -0.1) is 0 Å². The Morgan fingerprint density at radius 2 is 1.97 bits per heavy atom. The molecule has 0 amide bonds. The van der Waals surface area contributed by atoms with Crippen LogP contribution in [0.4, 0.5) is 0 Å². The van der Waals surface area contributed by atoms with Gasteiger partial charge in [-0.1, -0.05) is 41.1 Å². The Labute approximate surface area is 225 Å². The molecule has 0 bridgehead atoms. The fraction of sp³-hybridized carbons (Fsp3) is 0.174. The van der Waals surface area contributed by atoms with Crippen LogP contribution in [0.2, 0.25) is 5.02 Å². The van der Waals surface area contributed by atoms with Crippen LogP contribution < -0.4 is 14.9 Å². The molecule has 0 radical (unpaired) electrons. The summed E-state index contributed by atoms with van der Waals surface area (Å²) in [5.74, 6) is -0.316. The largest absolute Gasteiger partial charge is 0.506 e. The number of halogens is 3. The Kier molecular flexibility index (Phi) is 7.32. The van der Waals surface area contributed by atoms with E-state index in [-0.39, 0.29) is 23.5 Å². The number of allylic oxidation sites excluding steroid dienone is 1. The molecule has 0 unspecified atom stereocenters. The summed E-state index contributed by atoms with van der Waals surface area (Å²) in [5, 5.41) is 10.5. The van der Waals surface area contributed by atoms with Crippen molar-refractivity contribution in [2.45, 2.75) is 19.9 Å². The van der Waals surface area contributed by atoms with Crippen LogP contribution in [-0.2, 0) is 9.53 Å².